The van der Waals surface area contributed by atoms with Gasteiger partial charge in [-0.1, -0.05) is 19.1 Å². The van der Waals surface area contributed by atoms with E-state index in [1.165, 1.54) is 51.0 Å². The standard InChI is InChI=1S/C19H31FN4/c1-4-11-24-12-9-16(10-13-24)14-22-19(21-2)23(3)15-17-5-7-18(20)8-6-17/h5-8,16H,4,9-15H2,1-3H3,(H,21,22). The molecule has 1 saturated heterocycles. The summed E-state index contributed by atoms with van der Waals surface area (Å²) in [6.45, 7) is 7.58. The number of aliphatic imine (C=N–C) groups is 1. The van der Waals surface area contributed by atoms with E-state index in [4.69, 9.17) is 0 Å². The van der Waals surface area contributed by atoms with Gasteiger partial charge in [0.2, 0.25) is 0 Å². The van der Waals surface area contributed by atoms with Crippen LogP contribution in [0.4, 0.5) is 4.39 Å². The number of hydrogen-bond donors (Lipinski definition) is 1. The van der Waals surface area contributed by atoms with E-state index in [1.807, 2.05) is 26.2 Å². The fraction of sp³-hybridized carbons (Fsp3) is 0.632. The van der Waals surface area contributed by atoms with Gasteiger partial charge in [-0.2, -0.15) is 0 Å². The van der Waals surface area contributed by atoms with Crippen molar-refractivity contribution in [3.05, 3.63) is 35.6 Å². The highest BCUT2D eigenvalue weighted by molar-refractivity contribution is 5.79. The minimum Gasteiger partial charge on any atom is -0.356 e. The van der Waals surface area contributed by atoms with Gasteiger partial charge < -0.3 is 15.1 Å². The Morgan fingerprint density at radius 2 is 1.96 bits per heavy atom. The number of nitrogens with zero attached hydrogens (tertiary/aromatic N) is 3. The SMILES string of the molecule is CCCN1CCC(CNC(=NC)N(C)Cc2ccc(F)cc2)CC1. The largest absolute Gasteiger partial charge is 0.356 e. The summed E-state index contributed by atoms with van der Waals surface area (Å²) in [5.74, 6) is 1.42. The second kappa shape index (κ2) is 9.62. The van der Waals surface area contributed by atoms with Gasteiger partial charge in [0.05, 0.1) is 0 Å². The summed E-state index contributed by atoms with van der Waals surface area (Å²) in [5, 5.41) is 3.50. The Morgan fingerprint density at radius 3 is 2.54 bits per heavy atom. The second-order valence-electron chi connectivity index (χ2n) is 6.70. The number of likely N-dealkylation sites (tertiary alicyclic amines) is 1. The first-order valence-corrected chi connectivity index (χ1v) is 9.01. The number of halogens is 1. The first-order chi connectivity index (χ1) is 11.6. The number of rotatable bonds is 6. The van der Waals surface area contributed by atoms with Crippen LogP contribution in [-0.4, -0.2) is 56.0 Å². The van der Waals surface area contributed by atoms with Crippen molar-refractivity contribution in [2.24, 2.45) is 10.9 Å². The molecule has 0 atom stereocenters. The van der Waals surface area contributed by atoms with Crippen LogP contribution in [0.15, 0.2) is 29.3 Å². The average molecular weight is 334 g/mol. The van der Waals surface area contributed by atoms with Crippen LogP contribution in [0, 0.1) is 11.7 Å². The lowest BCUT2D eigenvalue weighted by atomic mass is 9.97. The van der Waals surface area contributed by atoms with Crippen LogP contribution in [0.1, 0.15) is 31.7 Å². The van der Waals surface area contributed by atoms with E-state index in [1.54, 1.807) is 0 Å². The molecule has 0 spiro atoms. The van der Waals surface area contributed by atoms with Crippen molar-refractivity contribution >= 4 is 5.96 Å². The second-order valence-corrected chi connectivity index (χ2v) is 6.70. The van der Waals surface area contributed by atoms with Gasteiger partial charge in [-0.15, -0.1) is 0 Å². The van der Waals surface area contributed by atoms with Crippen molar-refractivity contribution in [2.75, 3.05) is 40.3 Å². The molecule has 2 rings (SSSR count). The van der Waals surface area contributed by atoms with Crippen molar-refractivity contribution in [1.29, 1.82) is 0 Å². The minimum absolute atomic E-state index is 0.196. The normalized spacial score (nSPS) is 17.1. The molecule has 0 saturated carbocycles. The molecule has 4 nitrogen and oxygen atoms in total. The molecule has 1 aromatic carbocycles. The molecule has 1 aliphatic heterocycles. The van der Waals surface area contributed by atoms with Crippen LogP contribution in [0.5, 0.6) is 0 Å². The van der Waals surface area contributed by atoms with Gasteiger partial charge in [0.1, 0.15) is 5.82 Å². The predicted octanol–water partition coefficient (Wildman–Crippen LogP) is 2.95. The molecule has 1 aromatic rings. The van der Waals surface area contributed by atoms with Crippen LogP contribution in [0.25, 0.3) is 0 Å². The molecule has 0 aliphatic carbocycles. The molecule has 0 bridgehead atoms. The molecule has 1 fully saturated rings. The third-order valence-corrected chi connectivity index (χ3v) is 4.70. The van der Waals surface area contributed by atoms with Gasteiger partial charge in [-0.25, -0.2) is 4.39 Å². The van der Waals surface area contributed by atoms with Gasteiger partial charge >= 0.3 is 0 Å². The monoisotopic (exact) mass is 334 g/mol. The number of guanidine groups is 1. The third kappa shape index (κ3) is 5.78. The van der Waals surface area contributed by atoms with E-state index in [-0.39, 0.29) is 5.82 Å². The van der Waals surface area contributed by atoms with Gasteiger partial charge in [0.25, 0.3) is 0 Å². The van der Waals surface area contributed by atoms with E-state index < -0.39 is 0 Å². The average Bonchev–Trinajstić information content (AvgIpc) is 2.59. The Bertz CT molecular complexity index is 507. The number of benzene rings is 1. The highest BCUT2D eigenvalue weighted by atomic mass is 19.1. The Balaban J connectivity index is 1.76. The van der Waals surface area contributed by atoms with Crippen molar-refractivity contribution in [3.63, 3.8) is 0 Å². The van der Waals surface area contributed by atoms with Crippen molar-refractivity contribution in [2.45, 2.75) is 32.7 Å². The van der Waals surface area contributed by atoms with Gasteiger partial charge in [0, 0.05) is 27.2 Å². The highest BCUT2D eigenvalue weighted by Gasteiger charge is 2.19. The Morgan fingerprint density at radius 1 is 1.29 bits per heavy atom. The molecule has 24 heavy (non-hydrogen) atoms. The zero-order valence-electron chi connectivity index (χ0n) is 15.3. The first kappa shape index (κ1) is 18.7. The van der Waals surface area contributed by atoms with Gasteiger partial charge in [-0.3, -0.25) is 4.99 Å². The lowest BCUT2D eigenvalue weighted by molar-refractivity contribution is 0.185. The van der Waals surface area contributed by atoms with Crippen LogP contribution in [0.2, 0.25) is 0 Å². The predicted molar refractivity (Wildman–Crippen MR) is 98.7 cm³/mol. The molecule has 1 heterocycles. The van der Waals surface area contributed by atoms with E-state index >= 15 is 0 Å². The number of piperidine rings is 1. The molecule has 134 valence electrons. The number of nitrogens with one attached hydrogen (secondary N) is 1. The summed E-state index contributed by atoms with van der Waals surface area (Å²) in [4.78, 5) is 9.02. The summed E-state index contributed by atoms with van der Waals surface area (Å²) < 4.78 is 13.0. The van der Waals surface area contributed by atoms with Crippen LogP contribution >= 0.6 is 0 Å². The van der Waals surface area contributed by atoms with E-state index in [0.29, 0.717) is 5.92 Å². The first-order valence-electron chi connectivity index (χ1n) is 9.01. The summed E-state index contributed by atoms with van der Waals surface area (Å²) in [5.41, 5.74) is 1.08. The lowest BCUT2D eigenvalue weighted by Gasteiger charge is -2.32. The zero-order chi connectivity index (χ0) is 17.4. The molecule has 5 heteroatoms. The fourth-order valence-electron chi connectivity index (χ4n) is 3.29. The molecule has 0 radical (unpaired) electrons. The van der Waals surface area contributed by atoms with Gasteiger partial charge in [-0.05, 0) is 62.5 Å². The summed E-state index contributed by atoms with van der Waals surface area (Å²) in [7, 11) is 3.83. The van der Waals surface area contributed by atoms with Crippen molar-refractivity contribution in [3.8, 4) is 0 Å². The maximum atomic E-state index is 13.0. The minimum atomic E-state index is -0.196. The van der Waals surface area contributed by atoms with Crippen LogP contribution in [0.3, 0.4) is 0 Å². The zero-order valence-corrected chi connectivity index (χ0v) is 15.3. The van der Waals surface area contributed by atoms with Crippen LogP contribution in [-0.2, 0) is 6.54 Å². The molecular formula is C19H31FN4. The van der Waals surface area contributed by atoms with Crippen LogP contribution < -0.4 is 5.32 Å². The maximum absolute atomic E-state index is 13.0. The third-order valence-electron chi connectivity index (χ3n) is 4.70. The summed E-state index contributed by atoms with van der Waals surface area (Å²) in [6, 6.07) is 6.65. The van der Waals surface area contributed by atoms with Crippen molar-refractivity contribution < 1.29 is 4.39 Å². The Labute approximate surface area is 145 Å². The van der Waals surface area contributed by atoms with E-state index in [0.717, 1.165) is 24.6 Å². The number of hydrogen-bond acceptors (Lipinski definition) is 2. The topological polar surface area (TPSA) is 30.9 Å². The fourth-order valence-corrected chi connectivity index (χ4v) is 3.29. The molecule has 0 unspecified atom stereocenters. The molecule has 1 N–H and O–H groups in total. The van der Waals surface area contributed by atoms with E-state index in [9.17, 15) is 4.39 Å². The summed E-state index contributed by atoms with van der Waals surface area (Å²) in [6.07, 6.45) is 3.75. The lowest BCUT2D eigenvalue weighted by Crippen LogP contribution is -2.43. The maximum Gasteiger partial charge on any atom is 0.193 e. The highest BCUT2D eigenvalue weighted by Crippen LogP contribution is 2.16. The Hall–Kier alpha value is -1.62. The van der Waals surface area contributed by atoms with Crippen molar-refractivity contribution in [1.82, 2.24) is 15.1 Å². The molecular weight excluding hydrogens is 303 g/mol. The Kier molecular flexibility index (Phi) is 7.50. The smallest absolute Gasteiger partial charge is 0.193 e. The molecule has 0 amide bonds. The molecule has 1 aliphatic rings. The molecule has 0 aromatic heterocycles. The summed E-state index contributed by atoms with van der Waals surface area (Å²) >= 11 is 0. The van der Waals surface area contributed by atoms with E-state index in [2.05, 4.69) is 27.0 Å². The van der Waals surface area contributed by atoms with Gasteiger partial charge in [0.15, 0.2) is 5.96 Å². The quantitative estimate of drug-likeness (QED) is 0.641.